The molecule has 2 aromatic rings. The summed E-state index contributed by atoms with van der Waals surface area (Å²) >= 11 is 0. The van der Waals surface area contributed by atoms with Crippen LogP contribution in [-0.4, -0.2) is 56.6 Å². The Hall–Kier alpha value is -2.87. The Morgan fingerprint density at radius 2 is 1.70 bits per heavy atom. The van der Waals surface area contributed by atoms with Crippen LogP contribution in [-0.2, 0) is 26.0 Å². The molecular weight excluding hydrogens is 486 g/mol. The van der Waals surface area contributed by atoms with E-state index in [0.717, 1.165) is 36.8 Å². The van der Waals surface area contributed by atoms with Crippen LogP contribution in [0.25, 0.3) is 0 Å². The average molecular weight is 528 g/mol. The molecule has 8 heteroatoms. The minimum Gasteiger partial charge on any atom is -0.352 e. The molecule has 0 aromatic heterocycles. The number of rotatable bonds is 12. The van der Waals surface area contributed by atoms with Gasteiger partial charge < -0.3 is 10.2 Å². The summed E-state index contributed by atoms with van der Waals surface area (Å²) in [5, 5.41) is 3.15. The van der Waals surface area contributed by atoms with Crippen LogP contribution in [0.15, 0.2) is 54.6 Å². The highest BCUT2D eigenvalue weighted by Gasteiger charge is 2.28. The van der Waals surface area contributed by atoms with Gasteiger partial charge in [-0.3, -0.25) is 13.9 Å². The lowest BCUT2D eigenvalue weighted by Gasteiger charge is -2.31. The lowest BCUT2D eigenvalue weighted by atomic mass is 9.95. The first-order valence-corrected chi connectivity index (χ1v) is 15.2. The molecule has 2 aromatic carbocycles. The Morgan fingerprint density at radius 1 is 1.00 bits per heavy atom. The van der Waals surface area contributed by atoms with Crippen molar-refractivity contribution in [2.75, 3.05) is 23.7 Å². The number of hydrogen-bond donors (Lipinski definition) is 1. The number of nitrogens with zero attached hydrogens (tertiary/aromatic N) is 2. The van der Waals surface area contributed by atoms with E-state index in [4.69, 9.17) is 0 Å². The van der Waals surface area contributed by atoms with Crippen LogP contribution in [0.5, 0.6) is 0 Å². The van der Waals surface area contributed by atoms with Crippen molar-refractivity contribution in [1.82, 2.24) is 10.2 Å². The van der Waals surface area contributed by atoms with Crippen LogP contribution in [0.3, 0.4) is 0 Å². The van der Waals surface area contributed by atoms with Crippen LogP contribution >= 0.6 is 0 Å². The first-order valence-electron chi connectivity index (χ1n) is 13.3. The lowest BCUT2D eigenvalue weighted by Crippen LogP contribution is -2.51. The zero-order valence-electron chi connectivity index (χ0n) is 22.4. The van der Waals surface area contributed by atoms with Crippen LogP contribution in [0.1, 0.15) is 63.0 Å². The number of hydrogen-bond acceptors (Lipinski definition) is 4. The Kier molecular flexibility index (Phi) is 10.6. The molecule has 0 unspecified atom stereocenters. The van der Waals surface area contributed by atoms with Gasteiger partial charge in [-0.05, 0) is 62.8 Å². The van der Waals surface area contributed by atoms with E-state index in [0.29, 0.717) is 25.1 Å². The Bertz CT molecular complexity index is 1130. The fourth-order valence-electron chi connectivity index (χ4n) is 4.93. The number of carbonyl (C=O) groups excluding carboxylic acids is 2. The smallest absolute Gasteiger partial charge is 0.242 e. The van der Waals surface area contributed by atoms with Gasteiger partial charge in [-0.15, -0.1) is 0 Å². The van der Waals surface area contributed by atoms with Crippen LogP contribution in [0.2, 0.25) is 0 Å². The average Bonchev–Trinajstić information content (AvgIpc) is 2.87. The molecule has 202 valence electrons. The zero-order chi connectivity index (χ0) is 26.8. The van der Waals surface area contributed by atoms with Crippen molar-refractivity contribution < 1.29 is 18.0 Å². The van der Waals surface area contributed by atoms with E-state index >= 15 is 0 Å². The fraction of sp³-hybridized carbons (Fsp3) is 0.517. The number of sulfonamides is 1. The topological polar surface area (TPSA) is 86.8 Å². The number of amides is 2. The number of aryl methyl sites for hydroxylation is 1. The third-order valence-corrected chi connectivity index (χ3v) is 8.24. The van der Waals surface area contributed by atoms with Gasteiger partial charge in [-0.25, -0.2) is 8.42 Å². The maximum Gasteiger partial charge on any atom is 0.242 e. The normalized spacial score (nSPS) is 15.1. The molecule has 0 heterocycles. The van der Waals surface area contributed by atoms with Crippen LogP contribution < -0.4 is 9.62 Å². The minimum absolute atomic E-state index is 0.120. The molecule has 3 rings (SSSR count). The molecule has 0 spiro atoms. The van der Waals surface area contributed by atoms with Crippen molar-refractivity contribution in [2.24, 2.45) is 0 Å². The Morgan fingerprint density at radius 3 is 2.35 bits per heavy atom. The third-order valence-electron chi connectivity index (χ3n) is 7.04. The molecule has 1 fully saturated rings. The molecule has 1 aliphatic carbocycles. The summed E-state index contributed by atoms with van der Waals surface area (Å²) in [5.74, 6) is -0.259. The molecule has 1 N–H and O–H groups in total. The summed E-state index contributed by atoms with van der Waals surface area (Å²) in [6.45, 7) is 4.33. The zero-order valence-corrected chi connectivity index (χ0v) is 23.2. The van der Waals surface area contributed by atoms with Crippen molar-refractivity contribution in [3.63, 3.8) is 0 Å². The first-order chi connectivity index (χ1) is 17.6. The summed E-state index contributed by atoms with van der Waals surface area (Å²) < 4.78 is 26.3. The van der Waals surface area contributed by atoms with E-state index in [9.17, 15) is 18.0 Å². The van der Waals surface area contributed by atoms with Gasteiger partial charge in [0.2, 0.25) is 21.8 Å². The van der Waals surface area contributed by atoms with E-state index < -0.39 is 16.1 Å². The second kappa shape index (κ2) is 13.6. The maximum atomic E-state index is 13.4. The van der Waals surface area contributed by atoms with E-state index in [1.54, 1.807) is 17.9 Å². The standard InChI is InChI=1S/C29H41N3O4S/c1-23-12-10-17-27(22-23)32(37(3,35)36)20-11-18-28(33)31(21-19-25-13-6-4-7-14-25)24(2)29(34)30-26-15-8-5-9-16-26/h4,6-7,10,12-14,17,22,24,26H,5,8-9,11,15-16,18-21H2,1-3H3,(H,30,34)/t24-/m1/s1. The number of anilines is 1. The second-order valence-electron chi connectivity index (χ2n) is 10.1. The van der Waals surface area contributed by atoms with E-state index in [-0.39, 0.29) is 30.8 Å². The molecular formula is C29H41N3O4S. The summed E-state index contributed by atoms with van der Waals surface area (Å²) in [6, 6.07) is 16.8. The third kappa shape index (κ3) is 8.88. The van der Waals surface area contributed by atoms with Gasteiger partial charge in [0.15, 0.2) is 0 Å². The van der Waals surface area contributed by atoms with E-state index in [1.165, 1.54) is 17.0 Å². The van der Waals surface area contributed by atoms with Crippen molar-refractivity contribution in [1.29, 1.82) is 0 Å². The molecule has 0 radical (unpaired) electrons. The van der Waals surface area contributed by atoms with Gasteiger partial charge in [0, 0.05) is 25.6 Å². The molecule has 37 heavy (non-hydrogen) atoms. The molecule has 0 saturated heterocycles. The Balaban J connectivity index is 1.67. The van der Waals surface area contributed by atoms with E-state index in [2.05, 4.69) is 5.32 Å². The minimum atomic E-state index is -3.50. The number of benzene rings is 2. The quantitative estimate of drug-likeness (QED) is 0.442. The van der Waals surface area contributed by atoms with Crippen LogP contribution in [0, 0.1) is 6.92 Å². The SMILES string of the molecule is Cc1cccc(N(CCCC(=O)N(CCc2ccccc2)[C@H](C)C(=O)NC2CCCCC2)S(C)(=O)=O)c1. The van der Waals surface area contributed by atoms with Gasteiger partial charge in [0.05, 0.1) is 11.9 Å². The van der Waals surface area contributed by atoms with Gasteiger partial charge >= 0.3 is 0 Å². The molecule has 0 bridgehead atoms. The van der Waals surface area contributed by atoms with Crippen LogP contribution in [0.4, 0.5) is 5.69 Å². The van der Waals surface area contributed by atoms with Crippen molar-refractivity contribution >= 4 is 27.5 Å². The van der Waals surface area contributed by atoms with Crippen molar-refractivity contribution in [3.8, 4) is 0 Å². The number of nitrogens with one attached hydrogen (secondary N) is 1. The van der Waals surface area contributed by atoms with Crippen molar-refractivity contribution in [2.45, 2.75) is 77.3 Å². The highest BCUT2D eigenvalue weighted by molar-refractivity contribution is 7.92. The molecule has 1 aliphatic rings. The molecule has 0 aliphatic heterocycles. The van der Waals surface area contributed by atoms with Gasteiger partial charge in [-0.1, -0.05) is 61.7 Å². The summed E-state index contributed by atoms with van der Waals surface area (Å²) in [4.78, 5) is 28.2. The second-order valence-corrected chi connectivity index (χ2v) is 12.0. The number of carbonyl (C=O) groups is 2. The summed E-state index contributed by atoms with van der Waals surface area (Å²) in [5.41, 5.74) is 2.66. The fourth-order valence-corrected chi connectivity index (χ4v) is 5.88. The summed E-state index contributed by atoms with van der Waals surface area (Å²) in [7, 11) is -3.50. The molecule has 1 saturated carbocycles. The Labute approximate surface area is 222 Å². The monoisotopic (exact) mass is 527 g/mol. The molecule has 2 amide bonds. The predicted molar refractivity (Wildman–Crippen MR) is 149 cm³/mol. The van der Waals surface area contributed by atoms with Gasteiger partial charge in [-0.2, -0.15) is 0 Å². The lowest BCUT2D eigenvalue weighted by molar-refractivity contribution is -0.140. The highest BCUT2D eigenvalue weighted by Crippen LogP contribution is 2.21. The molecule has 1 atom stereocenters. The largest absolute Gasteiger partial charge is 0.352 e. The maximum absolute atomic E-state index is 13.4. The first kappa shape index (κ1) is 28.7. The highest BCUT2D eigenvalue weighted by atomic mass is 32.2. The van der Waals surface area contributed by atoms with Gasteiger partial charge in [0.25, 0.3) is 0 Å². The van der Waals surface area contributed by atoms with Crippen molar-refractivity contribution in [3.05, 3.63) is 65.7 Å². The van der Waals surface area contributed by atoms with Gasteiger partial charge in [0.1, 0.15) is 6.04 Å². The van der Waals surface area contributed by atoms with E-state index in [1.807, 2.05) is 55.5 Å². The molecule has 7 nitrogen and oxygen atoms in total. The predicted octanol–water partition coefficient (Wildman–Crippen LogP) is 4.45. The summed E-state index contributed by atoms with van der Waals surface area (Å²) in [6.07, 6.45) is 7.76.